The molecule has 1 unspecified atom stereocenters. The van der Waals surface area contributed by atoms with Crippen LogP contribution in [0.3, 0.4) is 0 Å². The van der Waals surface area contributed by atoms with E-state index >= 15 is 0 Å². The summed E-state index contributed by atoms with van der Waals surface area (Å²) in [5.41, 5.74) is 4.39. The van der Waals surface area contributed by atoms with Crippen LogP contribution >= 0.6 is 11.3 Å². The summed E-state index contributed by atoms with van der Waals surface area (Å²) in [6, 6.07) is 5.99. The van der Waals surface area contributed by atoms with Crippen LogP contribution in [0.15, 0.2) is 24.4 Å². The SMILES string of the molecule is Cc1cc(NN)c(C(=O)NC(C)Cc2ccc(C)s2)cn1. The number of nitrogens with one attached hydrogen (secondary N) is 2. The summed E-state index contributed by atoms with van der Waals surface area (Å²) in [5, 5.41) is 2.98. The lowest BCUT2D eigenvalue weighted by Gasteiger charge is -2.15. The number of thiophene rings is 1. The van der Waals surface area contributed by atoms with Crippen LogP contribution in [0.5, 0.6) is 0 Å². The first-order valence-electron chi connectivity index (χ1n) is 6.79. The molecule has 2 aromatic rings. The van der Waals surface area contributed by atoms with Crippen LogP contribution in [-0.2, 0) is 6.42 Å². The summed E-state index contributed by atoms with van der Waals surface area (Å²) in [7, 11) is 0. The Morgan fingerprint density at radius 3 is 2.81 bits per heavy atom. The van der Waals surface area contributed by atoms with E-state index in [-0.39, 0.29) is 11.9 Å². The van der Waals surface area contributed by atoms with Gasteiger partial charge < -0.3 is 10.7 Å². The number of carbonyl (C=O) groups excluding carboxylic acids is 1. The summed E-state index contributed by atoms with van der Waals surface area (Å²) in [6.07, 6.45) is 2.36. The first-order valence-corrected chi connectivity index (χ1v) is 7.60. The summed E-state index contributed by atoms with van der Waals surface area (Å²) in [5.74, 6) is 5.29. The van der Waals surface area contributed by atoms with Crippen LogP contribution in [0.25, 0.3) is 0 Å². The van der Waals surface area contributed by atoms with Gasteiger partial charge in [-0.05, 0) is 39.0 Å². The first kappa shape index (κ1) is 15.5. The molecule has 2 aromatic heterocycles. The number of nitrogen functional groups attached to an aromatic ring is 1. The molecule has 0 spiro atoms. The molecule has 0 radical (unpaired) electrons. The number of aryl methyl sites for hydroxylation is 2. The van der Waals surface area contributed by atoms with E-state index in [1.54, 1.807) is 23.6 Å². The fourth-order valence-corrected chi connectivity index (χ4v) is 3.13. The van der Waals surface area contributed by atoms with Crippen molar-refractivity contribution in [2.24, 2.45) is 5.84 Å². The third-order valence-corrected chi connectivity index (χ3v) is 4.14. The van der Waals surface area contributed by atoms with Gasteiger partial charge in [0.25, 0.3) is 5.91 Å². The Balaban J connectivity index is 2.03. The fourth-order valence-electron chi connectivity index (χ4n) is 2.11. The molecule has 4 N–H and O–H groups in total. The minimum absolute atomic E-state index is 0.0440. The average molecular weight is 304 g/mol. The lowest BCUT2D eigenvalue weighted by molar-refractivity contribution is 0.0940. The molecule has 21 heavy (non-hydrogen) atoms. The Labute approximate surface area is 128 Å². The summed E-state index contributed by atoms with van der Waals surface area (Å²) >= 11 is 1.75. The van der Waals surface area contributed by atoms with Crippen molar-refractivity contribution in [2.75, 3.05) is 5.43 Å². The number of hydrazine groups is 1. The van der Waals surface area contributed by atoms with E-state index in [2.05, 4.69) is 34.8 Å². The molecule has 2 heterocycles. The zero-order valence-corrected chi connectivity index (χ0v) is 13.3. The Hall–Kier alpha value is -1.92. The van der Waals surface area contributed by atoms with Crippen LogP contribution in [0.1, 0.15) is 32.7 Å². The number of anilines is 1. The largest absolute Gasteiger partial charge is 0.349 e. The van der Waals surface area contributed by atoms with Gasteiger partial charge in [-0.15, -0.1) is 11.3 Å². The average Bonchev–Trinajstić information content (AvgIpc) is 2.83. The molecule has 0 bridgehead atoms. The normalized spacial score (nSPS) is 12.0. The lowest BCUT2D eigenvalue weighted by Crippen LogP contribution is -2.34. The summed E-state index contributed by atoms with van der Waals surface area (Å²) in [6.45, 7) is 5.92. The van der Waals surface area contributed by atoms with E-state index in [1.165, 1.54) is 9.75 Å². The second kappa shape index (κ2) is 6.69. The molecule has 112 valence electrons. The van der Waals surface area contributed by atoms with Gasteiger partial charge in [0.2, 0.25) is 0 Å². The van der Waals surface area contributed by atoms with Crippen molar-refractivity contribution in [1.29, 1.82) is 0 Å². The molecule has 1 atom stereocenters. The summed E-state index contributed by atoms with van der Waals surface area (Å²) in [4.78, 5) is 19.0. The molecule has 0 fully saturated rings. The minimum atomic E-state index is -0.170. The van der Waals surface area contributed by atoms with Crippen molar-refractivity contribution >= 4 is 22.9 Å². The minimum Gasteiger partial charge on any atom is -0.349 e. The van der Waals surface area contributed by atoms with Gasteiger partial charge >= 0.3 is 0 Å². The maximum absolute atomic E-state index is 12.3. The van der Waals surface area contributed by atoms with Crippen molar-refractivity contribution in [2.45, 2.75) is 33.2 Å². The number of hydrogen-bond donors (Lipinski definition) is 3. The van der Waals surface area contributed by atoms with Crippen molar-refractivity contribution in [3.05, 3.63) is 45.4 Å². The third-order valence-electron chi connectivity index (χ3n) is 3.12. The number of amides is 1. The van der Waals surface area contributed by atoms with Gasteiger partial charge in [-0.2, -0.15) is 0 Å². The highest BCUT2D eigenvalue weighted by atomic mass is 32.1. The zero-order chi connectivity index (χ0) is 15.4. The zero-order valence-electron chi connectivity index (χ0n) is 12.4. The monoisotopic (exact) mass is 304 g/mol. The molecule has 5 nitrogen and oxygen atoms in total. The Morgan fingerprint density at radius 2 is 2.19 bits per heavy atom. The Morgan fingerprint density at radius 1 is 1.43 bits per heavy atom. The molecule has 0 aliphatic heterocycles. The molecule has 0 saturated carbocycles. The number of aromatic nitrogens is 1. The standard InChI is InChI=1S/C15H20N4OS/c1-9-7-14(19-16)13(8-17-9)15(20)18-10(2)6-12-5-4-11(3)21-12/h4-5,7-8,10H,6,16H2,1-3H3,(H,17,19)(H,18,20). The highest BCUT2D eigenvalue weighted by Crippen LogP contribution is 2.18. The number of nitrogens with zero attached hydrogens (tertiary/aromatic N) is 1. The molecule has 0 aliphatic rings. The van der Waals surface area contributed by atoms with E-state index in [4.69, 9.17) is 5.84 Å². The molecule has 2 rings (SSSR count). The molecule has 0 aromatic carbocycles. The molecule has 0 saturated heterocycles. The number of hydrogen-bond acceptors (Lipinski definition) is 5. The van der Waals surface area contributed by atoms with Crippen LogP contribution < -0.4 is 16.6 Å². The maximum Gasteiger partial charge on any atom is 0.255 e. The lowest BCUT2D eigenvalue weighted by atomic mass is 10.1. The topological polar surface area (TPSA) is 80.0 Å². The van der Waals surface area contributed by atoms with Crippen molar-refractivity contribution in [3.63, 3.8) is 0 Å². The predicted octanol–water partition coefficient (Wildman–Crippen LogP) is 2.41. The Kier molecular flexibility index (Phi) is 4.93. The van der Waals surface area contributed by atoms with Gasteiger partial charge in [0.15, 0.2) is 0 Å². The number of pyridine rings is 1. The van der Waals surface area contributed by atoms with Gasteiger partial charge in [0, 0.05) is 34.1 Å². The van der Waals surface area contributed by atoms with Gasteiger partial charge in [0.05, 0.1) is 11.3 Å². The highest BCUT2D eigenvalue weighted by Gasteiger charge is 2.15. The molecular formula is C15H20N4OS. The van der Waals surface area contributed by atoms with Crippen molar-refractivity contribution in [3.8, 4) is 0 Å². The number of carbonyl (C=O) groups is 1. The van der Waals surface area contributed by atoms with E-state index in [1.807, 2.05) is 13.8 Å². The van der Waals surface area contributed by atoms with Crippen LogP contribution in [0.2, 0.25) is 0 Å². The summed E-state index contributed by atoms with van der Waals surface area (Å²) < 4.78 is 0. The van der Waals surface area contributed by atoms with Gasteiger partial charge in [-0.25, -0.2) is 0 Å². The number of rotatable bonds is 5. The maximum atomic E-state index is 12.3. The highest BCUT2D eigenvalue weighted by molar-refractivity contribution is 7.11. The predicted molar refractivity (Wildman–Crippen MR) is 86.5 cm³/mol. The van der Waals surface area contributed by atoms with Crippen LogP contribution in [0.4, 0.5) is 5.69 Å². The van der Waals surface area contributed by atoms with Gasteiger partial charge in [-0.1, -0.05) is 0 Å². The van der Waals surface area contributed by atoms with E-state index in [0.717, 1.165) is 12.1 Å². The molecule has 6 heteroatoms. The smallest absolute Gasteiger partial charge is 0.255 e. The quantitative estimate of drug-likeness (QED) is 0.585. The van der Waals surface area contributed by atoms with E-state index in [0.29, 0.717) is 11.3 Å². The van der Waals surface area contributed by atoms with Crippen LogP contribution in [0, 0.1) is 13.8 Å². The van der Waals surface area contributed by atoms with Crippen LogP contribution in [-0.4, -0.2) is 16.9 Å². The third kappa shape index (κ3) is 4.03. The second-order valence-corrected chi connectivity index (χ2v) is 6.48. The van der Waals surface area contributed by atoms with E-state index in [9.17, 15) is 4.79 Å². The first-order chi connectivity index (χ1) is 9.99. The van der Waals surface area contributed by atoms with Gasteiger partial charge in [0.1, 0.15) is 0 Å². The Bertz CT molecular complexity index is 638. The van der Waals surface area contributed by atoms with Crippen molar-refractivity contribution < 1.29 is 4.79 Å². The van der Waals surface area contributed by atoms with E-state index < -0.39 is 0 Å². The molecule has 1 amide bonds. The van der Waals surface area contributed by atoms with Crippen molar-refractivity contribution in [1.82, 2.24) is 10.3 Å². The molecule has 0 aliphatic carbocycles. The molecular weight excluding hydrogens is 284 g/mol. The number of nitrogens with two attached hydrogens (primary N) is 1. The fraction of sp³-hybridized carbons (Fsp3) is 0.333. The van der Waals surface area contributed by atoms with Gasteiger partial charge in [-0.3, -0.25) is 15.6 Å². The second-order valence-electron chi connectivity index (χ2n) is 5.11.